The highest BCUT2D eigenvalue weighted by molar-refractivity contribution is 6.06. The van der Waals surface area contributed by atoms with Crippen molar-refractivity contribution in [2.45, 2.75) is 25.4 Å². The topological polar surface area (TPSA) is 71.9 Å². The summed E-state index contributed by atoms with van der Waals surface area (Å²) < 4.78 is 11.2. The molecule has 0 saturated carbocycles. The molecule has 2 heterocycles. The Hall–Kier alpha value is -2.70. The predicted molar refractivity (Wildman–Crippen MR) is 112 cm³/mol. The fourth-order valence-corrected chi connectivity index (χ4v) is 3.37. The Bertz CT molecular complexity index is 817. The molecule has 1 N–H and O–H groups in total. The monoisotopic (exact) mass is 396 g/mol. The van der Waals surface area contributed by atoms with E-state index in [1.165, 1.54) is 25.3 Å². The minimum absolute atomic E-state index is 0.117. The summed E-state index contributed by atoms with van der Waals surface area (Å²) in [6.45, 7) is 2.87. The molecule has 2 aromatic rings. The smallest absolute Gasteiger partial charge is 0.187 e. The fraction of sp³-hybridized carbons (Fsp3) is 0.391. The number of methoxy groups -OCH3 is 1. The number of β-amino-alcohol motifs (C(OH)–C–C–N with tert-alkyl or cyclic N) is 1. The van der Waals surface area contributed by atoms with Gasteiger partial charge in [-0.25, -0.2) is 0 Å². The molecule has 6 heteroatoms. The molecular formula is C23H28N2O4. The number of allylic oxidation sites excluding steroid dienone is 1. The van der Waals surface area contributed by atoms with Crippen molar-refractivity contribution >= 4 is 11.9 Å². The molecule has 0 aliphatic carbocycles. The molecule has 1 saturated heterocycles. The number of hydrogen-bond donors (Lipinski definition) is 1. The van der Waals surface area contributed by atoms with Gasteiger partial charge in [0.2, 0.25) is 0 Å². The number of nitrogens with zero attached hydrogens (tertiary/aromatic N) is 2. The molecule has 6 nitrogen and oxygen atoms in total. The Kier molecular flexibility index (Phi) is 7.78. The summed E-state index contributed by atoms with van der Waals surface area (Å²) in [6, 6.07) is 8.91. The van der Waals surface area contributed by atoms with E-state index in [0.717, 1.165) is 18.7 Å². The largest absolute Gasteiger partial charge is 0.493 e. The average molecular weight is 396 g/mol. The number of rotatable bonds is 9. The molecule has 29 heavy (non-hydrogen) atoms. The molecule has 0 radical (unpaired) electrons. The van der Waals surface area contributed by atoms with Crippen LogP contribution in [-0.2, 0) is 0 Å². The van der Waals surface area contributed by atoms with Gasteiger partial charge in [0.25, 0.3) is 0 Å². The van der Waals surface area contributed by atoms with E-state index in [4.69, 9.17) is 9.47 Å². The summed E-state index contributed by atoms with van der Waals surface area (Å²) in [6.07, 6.45) is 9.49. The number of pyridine rings is 1. The van der Waals surface area contributed by atoms with Gasteiger partial charge in [-0.05, 0) is 61.8 Å². The van der Waals surface area contributed by atoms with Crippen LogP contribution in [-0.4, -0.2) is 60.2 Å². The Morgan fingerprint density at radius 2 is 2.07 bits per heavy atom. The van der Waals surface area contributed by atoms with Crippen LogP contribution in [0.5, 0.6) is 11.5 Å². The van der Waals surface area contributed by atoms with E-state index < -0.39 is 6.10 Å². The molecule has 1 aliphatic rings. The number of benzene rings is 1. The van der Waals surface area contributed by atoms with Crippen molar-refractivity contribution in [3.05, 3.63) is 59.9 Å². The second-order valence-electron chi connectivity index (χ2n) is 7.18. The quantitative estimate of drug-likeness (QED) is 0.518. The van der Waals surface area contributed by atoms with Crippen LogP contribution < -0.4 is 9.47 Å². The summed E-state index contributed by atoms with van der Waals surface area (Å²) in [5.41, 5.74) is 1.35. The van der Waals surface area contributed by atoms with Crippen LogP contribution in [0.3, 0.4) is 0 Å². The SMILES string of the molecule is COc1ccc(/C=C/C(=O)c2cccnc2)cc1OCC(O)CN1CCCCC1. The Morgan fingerprint density at radius 1 is 1.24 bits per heavy atom. The van der Waals surface area contributed by atoms with Crippen molar-refractivity contribution in [3.8, 4) is 11.5 Å². The second-order valence-corrected chi connectivity index (χ2v) is 7.18. The molecule has 0 bridgehead atoms. The van der Waals surface area contributed by atoms with Crippen LogP contribution in [0.15, 0.2) is 48.8 Å². The number of aromatic nitrogens is 1. The molecule has 1 aromatic heterocycles. The number of piperidine rings is 1. The van der Waals surface area contributed by atoms with E-state index >= 15 is 0 Å². The maximum Gasteiger partial charge on any atom is 0.187 e. The van der Waals surface area contributed by atoms with E-state index in [1.807, 2.05) is 6.07 Å². The Morgan fingerprint density at radius 3 is 2.79 bits per heavy atom. The number of ether oxygens (including phenoxy) is 2. The van der Waals surface area contributed by atoms with Gasteiger partial charge in [-0.2, -0.15) is 0 Å². The Balaban J connectivity index is 1.60. The van der Waals surface area contributed by atoms with E-state index in [-0.39, 0.29) is 12.4 Å². The highest BCUT2D eigenvalue weighted by Gasteiger charge is 2.16. The first-order valence-electron chi connectivity index (χ1n) is 9.99. The lowest BCUT2D eigenvalue weighted by atomic mass is 10.1. The van der Waals surface area contributed by atoms with E-state index in [0.29, 0.717) is 23.6 Å². The second kappa shape index (κ2) is 10.7. The van der Waals surface area contributed by atoms with Gasteiger partial charge in [0, 0.05) is 24.5 Å². The van der Waals surface area contributed by atoms with Gasteiger partial charge in [-0.1, -0.05) is 18.6 Å². The molecule has 1 aliphatic heterocycles. The highest BCUT2D eigenvalue weighted by Crippen LogP contribution is 2.29. The van der Waals surface area contributed by atoms with Crippen LogP contribution in [0.1, 0.15) is 35.2 Å². The number of hydrogen-bond acceptors (Lipinski definition) is 6. The van der Waals surface area contributed by atoms with Gasteiger partial charge in [-0.15, -0.1) is 0 Å². The lowest BCUT2D eigenvalue weighted by Crippen LogP contribution is -2.38. The number of ketones is 1. The van der Waals surface area contributed by atoms with Gasteiger partial charge >= 0.3 is 0 Å². The standard InChI is InChI=1S/C23H28N2O4/c1-28-22-10-8-18(7-9-21(27)19-6-5-11-24-15-19)14-23(22)29-17-20(26)16-25-12-3-2-4-13-25/h5-11,14-15,20,26H,2-4,12-13,16-17H2,1H3/b9-7+. The minimum atomic E-state index is -0.566. The first-order valence-corrected chi connectivity index (χ1v) is 9.99. The van der Waals surface area contributed by atoms with Crippen molar-refractivity contribution in [1.82, 2.24) is 9.88 Å². The highest BCUT2D eigenvalue weighted by atomic mass is 16.5. The Labute approximate surface area is 171 Å². The van der Waals surface area contributed by atoms with E-state index in [1.54, 1.807) is 49.8 Å². The molecule has 3 rings (SSSR count). The summed E-state index contributed by atoms with van der Waals surface area (Å²) in [5, 5.41) is 10.3. The zero-order valence-electron chi connectivity index (χ0n) is 16.8. The maximum atomic E-state index is 12.2. The third kappa shape index (κ3) is 6.41. The van der Waals surface area contributed by atoms with Gasteiger partial charge in [0.1, 0.15) is 12.7 Å². The average Bonchev–Trinajstić information content (AvgIpc) is 2.77. The van der Waals surface area contributed by atoms with Crippen LogP contribution in [0.2, 0.25) is 0 Å². The lowest BCUT2D eigenvalue weighted by Gasteiger charge is -2.28. The molecule has 1 fully saturated rings. The maximum absolute atomic E-state index is 12.2. The van der Waals surface area contributed by atoms with Crippen LogP contribution in [0.25, 0.3) is 6.08 Å². The van der Waals surface area contributed by atoms with Gasteiger partial charge in [0.05, 0.1) is 7.11 Å². The van der Waals surface area contributed by atoms with Gasteiger partial charge in [0.15, 0.2) is 17.3 Å². The number of carbonyl (C=O) groups is 1. The van der Waals surface area contributed by atoms with Crippen LogP contribution in [0, 0.1) is 0 Å². The molecule has 0 spiro atoms. The van der Waals surface area contributed by atoms with Gasteiger partial charge in [-0.3, -0.25) is 9.78 Å². The summed E-state index contributed by atoms with van der Waals surface area (Å²) in [7, 11) is 1.58. The summed E-state index contributed by atoms with van der Waals surface area (Å²) >= 11 is 0. The first-order chi connectivity index (χ1) is 14.2. The van der Waals surface area contributed by atoms with Crippen molar-refractivity contribution < 1.29 is 19.4 Å². The summed E-state index contributed by atoms with van der Waals surface area (Å²) in [5.74, 6) is 1.01. The van der Waals surface area contributed by atoms with Crippen molar-refractivity contribution in [3.63, 3.8) is 0 Å². The lowest BCUT2D eigenvalue weighted by molar-refractivity contribution is 0.0608. The van der Waals surface area contributed by atoms with Crippen molar-refractivity contribution in [1.29, 1.82) is 0 Å². The third-order valence-corrected chi connectivity index (χ3v) is 4.91. The normalized spacial score (nSPS) is 15.9. The molecule has 1 aromatic carbocycles. The number of likely N-dealkylation sites (tertiary alicyclic amines) is 1. The molecule has 154 valence electrons. The fourth-order valence-electron chi connectivity index (χ4n) is 3.37. The predicted octanol–water partition coefficient (Wildman–Crippen LogP) is 3.21. The summed E-state index contributed by atoms with van der Waals surface area (Å²) in [4.78, 5) is 18.4. The van der Waals surface area contributed by atoms with E-state index in [2.05, 4.69) is 9.88 Å². The van der Waals surface area contributed by atoms with Crippen molar-refractivity contribution in [2.24, 2.45) is 0 Å². The number of carbonyl (C=O) groups excluding carboxylic acids is 1. The number of aliphatic hydroxyl groups is 1. The minimum Gasteiger partial charge on any atom is -0.493 e. The zero-order chi connectivity index (χ0) is 20.5. The van der Waals surface area contributed by atoms with Crippen molar-refractivity contribution in [2.75, 3.05) is 33.4 Å². The molecule has 0 amide bonds. The first kappa shape index (κ1) is 21.0. The third-order valence-electron chi connectivity index (χ3n) is 4.91. The molecule has 1 atom stereocenters. The van der Waals surface area contributed by atoms with Crippen LogP contribution in [0.4, 0.5) is 0 Å². The van der Waals surface area contributed by atoms with Gasteiger partial charge < -0.3 is 19.5 Å². The van der Waals surface area contributed by atoms with Crippen LogP contribution >= 0.6 is 0 Å². The number of aliphatic hydroxyl groups excluding tert-OH is 1. The molecular weight excluding hydrogens is 368 g/mol. The van der Waals surface area contributed by atoms with E-state index in [9.17, 15) is 9.90 Å². The zero-order valence-corrected chi connectivity index (χ0v) is 16.8. The molecule has 1 unspecified atom stereocenters.